The van der Waals surface area contributed by atoms with E-state index in [0.717, 1.165) is 31.5 Å². The lowest BCUT2D eigenvalue weighted by atomic mass is 10.0. The summed E-state index contributed by atoms with van der Waals surface area (Å²) in [6.07, 6.45) is 2.73. The highest BCUT2D eigenvalue weighted by Crippen LogP contribution is 2.14. The summed E-state index contributed by atoms with van der Waals surface area (Å²) in [7, 11) is 0. The van der Waals surface area contributed by atoms with Gasteiger partial charge in [0.1, 0.15) is 0 Å². The van der Waals surface area contributed by atoms with Crippen molar-refractivity contribution in [2.24, 2.45) is 10.9 Å². The fourth-order valence-electron chi connectivity index (χ4n) is 2.39. The summed E-state index contributed by atoms with van der Waals surface area (Å²) in [5.41, 5.74) is 0. The average molecular weight is 254 g/mol. The SMILES string of the molecule is CCNC(=NCCN1CCCC(C)C1)NC(C)C. The van der Waals surface area contributed by atoms with E-state index >= 15 is 0 Å². The third-order valence-corrected chi connectivity index (χ3v) is 3.20. The van der Waals surface area contributed by atoms with Crippen molar-refractivity contribution < 1.29 is 0 Å². The zero-order valence-electron chi connectivity index (χ0n) is 12.5. The Morgan fingerprint density at radius 3 is 2.83 bits per heavy atom. The van der Waals surface area contributed by atoms with Gasteiger partial charge in [-0.1, -0.05) is 6.92 Å². The molecule has 1 aliphatic rings. The van der Waals surface area contributed by atoms with Gasteiger partial charge in [-0.2, -0.15) is 0 Å². The summed E-state index contributed by atoms with van der Waals surface area (Å²) in [5.74, 6) is 1.79. The molecule has 1 aliphatic heterocycles. The molecule has 0 aromatic rings. The molecule has 0 aromatic heterocycles. The van der Waals surface area contributed by atoms with Crippen molar-refractivity contribution >= 4 is 5.96 Å². The molecule has 0 spiro atoms. The highest BCUT2D eigenvalue weighted by molar-refractivity contribution is 5.79. The molecule has 1 saturated heterocycles. The minimum Gasteiger partial charge on any atom is -0.357 e. The van der Waals surface area contributed by atoms with Crippen molar-refractivity contribution in [3.8, 4) is 0 Å². The van der Waals surface area contributed by atoms with Gasteiger partial charge in [-0.15, -0.1) is 0 Å². The van der Waals surface area contributed by atoms with E-state index < -0.39 is 0 Å². The quantitative estimate of drug-likeness (QED) is 0.579. The number of guanidine groups is 1. The number of nitrogens with one attached hydrogen (secondary N) is 2. The zero-order chi connectivity index (χ0) is 13.4. The normalized spacial score (nSPS) is 22.3. The minimum absolute atomic E-state index is 0.429. The Morgan fingerprint density at radius 1 is 1.44 bits per heavy atom. The van der Waals surface area contributed by atoms with Crippen molar-refractivity contribution in [2.45, 2.75) is 46.6 Å². The van der Waals surface area contributed by atoms with Crippen molar-refractivity contribution in [3.05, 3.63) is 0 Å². The number of nitrogens with zero attached hydrogens (tertiary/aromatic N) is 2. The van der Waals surface area contributed by atoms with Crippen molar-refractivity contribution in [1.82, 2.24) is 15.5 Å². The first-order valence-corrected chi connectivity index (χ1v) is 7.39. The van der Waals surface area contributed by atoms with Crippen molar-refractivity contribution in [2.75, 3.05) is 32.7 Å². The maximum Gasteiger partial charge on any atom is 0.191 e. The Kier molecular flexibility index (Phi) is 7.09. The minimum atomic E-state index is 0.429. The molecule has 1 fully saturated rings. The topological polar surface area (TPSA) is 39.7 Å². The molecule has 18 heavy (non-hydrogen) atoms. The largest absolute Gasteiger partial charge is 0.357 e. The van der Waals surface area contributed by atoms with Crippen LogP contribution in [0, 0.1) is 5.92 Å². The average Bonchev–Trinajstić information content (AvgIpc) is 2.28. The first-order valence-electron chi connectivity index (χ1n) is 7.39. The van der Waals surface area contributed by atoms with Gasteiger partial charge in [0, 0.05) is 25.7 Å². The third-order valence-electron chi connectivity index (χ3n) is 3.20. The second kappa shape index (κ2) is 8.35. The Balaban J connectivity index is 2.30. The molecule has 0 aliphatic carbocycles. The highest BCUT2D eigenvalue weighted by atomic mass is 15.2. The lowest BCUT2D eigenvalue weighted by Crippen LogP contribution is -2.42. The van der Waals surface area contributed by atoms with Crippen LogP contribution < -0.4 is 10.6 Å². The Bertz CT molecular complexity index is 250. The van der Waals surface area contributed by atoms with Crippen LogP contribution in [0.3, 0.4) is 0 Å². The summed E-state index contributed by atoms with van der Waals surface area (Å²) in [4.78, 5) is 7.16. The van der Waals surface area contributed by atoms with E-state index in [1.807, 2.05) is 0 Å². The van der Waals surface area contributed by atoms with Gasteiger partial charge in [0.15, 0.2) is 5.96 Å². The highest BCUT2D eigenvalue weighted by Gasteiger charge is 2.15. The van der Waals surface area contributed by atoms with Gasteiger partial charge in [-0.25, -0.2) is 0 Å². The number of aliphatic imine (C=N–C) groups is 1. The lowest BCUT2D eigenvalue weighted by molar-refractivity contribution is 0.189. The van der Waals surface area contributed by atoms with Crippen LogP contribution in [0.25, 0.3) is 0 Å². The molecule has 1 rings (SSSR count). The third kappa shape index (κ3) is 6.24. The Morgan fingerprint density at radius 2 is 2.22 bits per heavy atom. The molecule has 0 aromatic carbocycles. The Hall–Kier alpha value is -0.770. The van der Waals surface area contributed by atoms with Crippen molar-refractivity contribution in [3.63, 3.8) is 0 Å². The summed E-state index contributed by atoms with van der Waals surface area (Å²) < 4.78 is 0. The smallest absolute Gasteiger partial charge is 0.191 e. The second-order valence-electron chi connectivity index (χ2n) is 5.61. The van der Waals surface area contributed by atoms with Gasteiger partial charge >= 0.3 is 0 Å². The van der Waals surface area contributed by atoms with Crippen LogP contribution in [0.5, 0.6) is 0 Å². The van der Waals surface area contributed by atoms with Crippen LogP contribution in [-0.4, -0.2) is 49.6 Å². The summed E-state index contributed by atoms with van der Waals surface area (Å²) in [5, 5.41) is 6.63. The van der Waals surface area contributed by atoms with Gasteiger partial charge in [-0.3, -0.25) is 4.99 Å². The van der Waals surface area contributed by atoms with Crippen LogP contribution >= 0.6 is 0 Å². The maximum atomic E-state index is 4.63. The molecule has 1 atom stereocenters. The number of hydrogen-bond donors (Lipinski definition) is 2. The van der Waals surface area contributed by atoms with Crippen molar-refractivity contribution in [1.29, 1.82) is 0 Å². The van der Waals surface area contributed by atoms with E-state index in [1.54, 1.807) is 0 Å². The van der Waals surface area contributed by atoms with Crippen LogP contribution in [0.1, 0.15) is 40.5 Å². The first-order chi connectivity index (χ1) is 8.61. The predicted octanol–water partition coefficient (Wildman–Crippen LogP) is 1.68. The maximum absolute atomic E-state index is 4.63. The molecule has 1 unspecified atom stereocenters. The van der Waals surface area contributed by atoms with Gasteiger partial charge in [0.25, 0.3) is 0 Å². The van der Waals surface area contributed by atoms with Crippen LogP contribution in [0.2, 0.25) is 0 Å². The van der Waals surface area contributed by atoms with Crippen LogP contribution in [-0.2, 0) is 0 Å². The molecule has 4 heteroatoms. The van der Waals surface area contributed by atoms with Gasteiger partial charge in [0.2, 0.25) is 0 Å². The number of hydrogen-bond acceptors (Lipinski definition) is 2. The molecule has 0 amide bonds. The second-order valence-corrected chi connectivity index (χ2v) is 5.61. The standard InChI is InChI=1S/C14H30N4/c1-5-15-14(17-12(2)3)16-8-10-18-9-6-7-13(4)11-18/h12-13H,5-11H2,1-4H3,(H2,15,16,17). The van der Waals surface area contributed by atoms with Crippen LogP contribution in [0.15, 0.2) is 4.99 Å². The fourth-order valence-corrected chi connectivity index (χ4v) is 2.39. The van der Waals surface area contributed by atoms with E-state index in [4.69, 9.17) is 0 Å². The molecular formula is C14H30N4. The van der Waals surface area contributed by atoms with E-state index in [2.05, 4.69) is 48.2 Å². The molecule has 106 valence electrons. The van der Waals surface area contributed by atoms with Gasteiger partial charge in [0.05, 0.1) is 6.54 Å². The Labute approximate surface area is 112 Å². The van der Waals surface area contributed by atoms with E-state index in [9.17, 15) is 0 Å². The molecule has 0 bridgehead atoms. The zero-order valence-corrected chi connectivity index (χ0v) is 12.5. The van der Waals surface area contributed by atoms with Crippen LogP contribution in [0.4, 0.5) is 0 Å². The molecule has 0 saturated carbocycles. The number of piperidine rings is 1. The van der Waals surface area contributed by atoms with Gasteiger partial charge in [-0.05, 0) is 46.1 Å². The monoisotopic (exact) mass is 254 g/mol. The lowest BCUT2D eigenvalue weighted by Gasteiger charge is -2.30. The molecular weight excluding hydrogens is 224 g/mol. The molecule has 4 nitrogen and oxygen atoms in total. The number of rotatable bonds is 5. The van der Waals surface area contributed by atoms with Gasteiger partial charge < -0.3 is 15.5 Å². The molecule has 0 radical (unpaired) electrons. The van der Waals surface area contributed by atoms with E-state index in [0.29, 0.717) is 6.04 Å². The summed E-state index contributed by atoms with van der Waals surface area (Å²) >= 11 is 0. The first kappa shape index (κ1) is 15.3. The molecule has 2 N–H and O–H groups in total. The predicted molar refractivity (Wildman–Crippen MR) is 79.1 cm³/mol. The molecule has 1 heterocycles. The fraction of sp³-hybridized carbons (Fsp3) is 0.929. The van der Waals surface area contributed by atoms with E-state index in [-0.39, 0.29) is 0 Å². The van der Waals surface area contributed by atoms with E-state index in [1.165, 1.54) is 25.9 Å². The summed E-state index contributed by atoms with van der Waals surface area (Å²) in [6, 6.07) is 0.429. The number of likely N-dealkylation sites (tertiary alicyclic amines) is 1. The summed E-state index contributed by atoms with van der Waals surface area (Å²) in [6.45, 7) is 14.1.